The van der Waals surface area contributed by atoms with Crippen LogP contribution in [0.1, 0.15) is 22.3 Å². The van der Waals surface area contributed by atoms with E-state index in [1.54, 1.807) is 0 Å². The van der Waals surface area contributed by atoms with E-state index < -0.39 is 5.41 Å². The van der Waals surface area contributed by atoms with Gasteiger partial charge in [-0.3, -0.25) is 0 Å². The molecule has 0 bridgehead atoms. The second kappa shape index (κ2) is 17.0. The molecule has 15 aromatic rings. The van der Waals surface area contributed by atoms with E-state index in [-0.39, 0.29) is 0 Å². The molecule has 358 valence electrons. The van der Waals surface area contributed by atoms with E-state index in [2.05, 4.69) is 301 Å². The number of anilines is 6. The monoisotopic (exact) mass is 976 g/mol. The van der Waals surface area contributed by atoms with Gasteiger partial charge in [0, 0.05) is 33.5 Å². The molecule has 1 aliphatic carbocycles. The van der Waals surface area contributed by atoms with Crippen molar-refractivity contribution in [3.63, 3.8) is 0 Å². The Balaban J connectivity index is 0.981. The van der Waals surface area contributed by atoms with Crippen molar-refractivity contribution in [1.29, 1.82) is 0 Å². The van der Waals surface area contributed by atoms with Crippen LogP contribution in [0.15, 0.2) is 291 Å². The van der Waals surface area contributed by atoms with Crippen molar-refractivity contribution < 1.29 is 0 Å². The highest BCUT2D eigenvalue weighted by molar-refractivity contribution is 6.28. The molecule has 2 nitrogen and oxygen atoms in total. The lowest BCUT2D eigenvalue weighted by atomic mass is 9.67. The highest BCUT2D eigenvalue weighted by atomic mass is 15.2. The number of para-hydroxylation sites is 2. The molecule has 77 heavy (non-hydrogen) atoms. The lowest BCUT2D eigenvalue weighted by Gasteiger charge is -2.36. The molecule has 16 rings (SSSR count). The Morgan fingerprint density at radius 1 is 0.234 bits per heavy atom. The first kappa shape index (κ1) is 43.4. The van der Waals surface area contributed by atoms with Crippen molar-refractivity contribution in [3.8, 4) is 22.3 Å². The molecule has 0 fully saturated rings. The summed E-state index contributed by atoms with van der Waals surface area (Å²) in [5.41, 5.74) is 15.7. The van der Waals surface area contributed by atoms with Gasteiger partial charge in [-0.15, -0.1) is 0 Å². The third-order valence-corrected chi connectivity index (χ3v) is 16.7. The number of hydrogen-bond acceptors (Lipinski definition) is 2. The molecular formula is C75H48N2. The Bertz CT molecular complexity index is 4480. The van der Waals surface area contributed by atoms with Crippen LogP contribution >= 0.6 is 0 Å². The van der Waals surface area contributed by atoms with Crippen LogP contribution < -0.4 is 9.80 Å². The Morgan fingerprint density at radius 2 is 0.610 bits per heavy atom. The highest BCUT2D eigenvalue weighted by Crippen LogP contribution is 2.59. The van der Waals surface area contributed by atoms with Crippen LogP contribution in [0.2, 0.25) is 0 Å². The lowest BCUT2D eigenvalue weighted by Crippen LogP contribution is -2.29. The number of nitrogens with zero attached hydrogens (tertiary/aromatic N) is 2. The molecule has 0 heterocycles. The average Bonchev–Trinajstić information content (AvgIpc) is 4.01. The zero-order valence-electron chi connectivity index (χ0n) is 42.1. The second-order valence-electron chi connectivity index (χ2n) is 20.7. The van der Waals surface area contributed by atoms with Crippen LogP contribution in [0.3, 0.4) is 0 Å². The largest absolute Gasteiger partial charge is 0.310 e. The molecule has 15 aromatic carbocycles. The summed E-state index contributed by atoms with van der Waals surface area (Å²) in [5.74, 6) is 0. The number of benzene rings is 15. The van der Waals surface area contributed by atoms with Crippen LogP contribution in [0.4, 0.5) is 34.1 Å². The van der Waals surface area contributed by atoms with Gasteiger partial charge in [-0.1, -0.05) is 231 Å². The van der Waals surface area contributed by atoms with E-state index in [4.69, 9.17) is 0 Å². The first-order chi connectivity index (χ1) is 38.2. The van der Waals surface area contributed by atoms with Gasteiger partial charge in [0.15, 0.2) is 0 Å². The molecule has 0 amide bonds. The minimum Gasteiger partial charge on any atom is -0.310 e. The third kappa shape index (κ3) is 6.49. The van der Waals surface area contributed by atoms with E-state index >= 15 is 0 Å². The summed E-state index contributed by atoms with van der Waals surface area (Å²) >= 11 is 0. The molecule has 0 saturated carbocycles. The van der Waals surface area contributed by atoms with E-state index in [1.165, 1.54) is 109 Å². The van der Waals surface area contributed by atoms with Gasteiger partial charge in [0.2, 0.25) is 0 Å². The van der Waals surface area contributed by atoms with E-state index in [9.17, 15) is 0 Å². The molecule has 1 aliphatic rings. The Kier molecular flexibility index (Phi) is 9.58. The van der Waals surface area contributed by atoms with Gasteiger partial charge in [-0.25, -0.2) is 0 Å². The third-order valence-electron chi connectivity index (χ3n) is 16.7. The zero-order valence-corrected chi connectivity index (χ0v) is 42.1. The second-order valence-corrected chi connectivity index (χ2v) is 20.7. The van der Waals surface area contributed by atoms with Gasteiger partial charge in [0.1, 0.15) is 0 Å². The van der Waals surface area contributed by atoms with Crippen molar-refractivity contribution in [2.45, 2.75) is 5.41 Å². The van der Waals surface area contributed by atoms with Gasteiger partial charge in [-0.2, -0.15) is 0 Å². The lowest BCUT2D eigenvalue weighted by molar-refractivity contribution is 0.768. The van der Waals surface area contributed by atoms with Gasteiger partial charge in [0.05, 0.1) is 16.8 Å². The number of hydrogen-bond donors (Lipinski definition) is 0. The van der Waals surface area contributed by atoms with Crippen LogP contribution in [0.25, 0.3) is 86.9 Å². The summed E-state index contributed by atoms with van der Waals surface area (Å²) < 4.78 is 0. The Hall–Kier alpha value is -10.0. The predicted octanol–water partition coefficient (Wildman–Crippen LogP) is 20.5. The van der Waals surface area contributed by atoms with Crippen molar-refractivity contribution in [3.05, 3.63) is 313 Å². The molecule has 0 saturated heterocycles. The maximum atomic E-state index is 2.51. The minimum absolute atomic E-state index is 0.740. The van der Waals surface area contributed by atoms with Gasteiger partial charge in [0.25, 0.3) is 0 Å². The van der Waals surface area contributed by atoms with Crippen LogP contribution in [-0.4, -0.2) is 0 Å². The van der Waals surface area contributed by atoms with Crippen LogP contribution in [0, 0.1) is 0 Å². The molecule has 0 radical (unpaired) electrons. The Labute approximate surface area is 447 Å². The van der Waals surface area contributed by atoms with Crippen LogP contribution in [-0.2, 0) is 5.41 Å². The first-order valence-electron chi connectivity index (χ1n) is 26.7. The van der Waals surface area contributed by atoms with Crippen LogP contribution in [0.5, 0.6) is 0 Å². The van der Waals surface area contributed by atoms with Gasteiger partial charge >= 0.3 is 0 Å². The fourth-order valence-electron chi connectivity index (χ4n) is 13.5. The molecule has 0 unspecified atom stereocenters. The fraction of sp³-hybridized carbons (Fsp3) is 0.0133. The highest BCUT2D eigenvalue weighted by Gasteiger charge is 2.47. The van der Waals surface area contributed by atoms with Gasteiger partial charge < -0.3 is 9.80 Å². The molecule has 2 heteroatoms. The van der Waals surface area contributed by atoms with Crippen molar-refractivity contribution in [2.24, 2.45) is 0 Å². The smallest absolute Gasteiger partial charge is 0.0715 e. The molecule has 0 spiro atoms. The van der Waals surface area contributed by atoms with E-state index in [0.717, 1.165) is 34.1 Å². The minimum atomic E-state index is -0.740. The normalized spacial score (nSPS) is 12.8. The maximum absolute atomic E-state index is 2.51. The molecule has 0 aromatic heterocycles. The quantitative estimate of drug-likeness (QED) is 0.133. The first-order valence-corrected chi connectivity index (χ1v) is 26.7. The molecule has 0 aliphatic heterocycles. The summed E-state index contributed by atoms with van der Waals surface area (Å²) in [6.45, 7) is 0. The van der Waals surface area contributed by atoms with Crippen molar-refractivity contribution >= 4 is 98.8 Å². The predicted molar refractivity (Wildman–Crippen MR) is 326 cm³/mol. The SMILES string of the molecule is c1ccc(-c2ccc(C3(c4ccccc4)c4cc(N(c5ccccc5)c5cc6cccc7ccc8cccc5c8c76)ccc4-c4ccc(N(c5ccccc5)c5cc6cccc7ccc8cccc5c8c76)cc43)cc2)cc1. The summed E-state index contributed by atoms with van der Waals surface area (Å²) in [7, 11) is 0. The molecular weight excluding hydrogens is 929 g/mol. The van der Waals surface area contributed by atoms with E-state index in [1.807, 2.05) is 0 Å². The summed E-state index contributed by atoms with van der Waals surface area (Å²) in [5, 5.41) is 15.1. The topological polar surface area (TPSA) is 6.48 Å². The molecule has 0 N–H and O–H groups in total. The summed E-state index contributed by atoms with van der Waals surface area (Å²) in [6.07, 6.45) is 0. The standard InChI is InChI=1S/C75H48N2/c1-5-17-49(18-6-1)50-37-39-58(40-38-50)75(57-25-7-2-8-26-57)67-47-61(76(59-27-9-3-10-28-59)69-45-55-23-13-19-51-33-35-53-21-15-31-65(69)73(53)71(51)55)41-43-63(67)64-44-42-62(48-68(64)75)77(60-29-11-4-12-30-60)70-46-56-24-14-20-52-34-36-54-22-16-32-66(70)74(54)72(52)56/h1-48H. The summed E-state index contributed by atoms with van der Waals surface area (Å²) in [6, 6.07) is 109. The van der Waals surface area contributed by atoms with Gasteiger partial charge in [-0.05, 0) is 159 Å². The summed E-state index contributed by atoms with van der Waals surface area (Å²) in [4.78, 5) is 5.00. The fourth-order valence-corrected chi connectivity index (χ4v) is 13.5. The zero-order chi connectivity index (χ0) is 50.6. The number of fused-ring (bicyclic) bond motifs is 3. The van der Waals surface area contributed by atoms with E-state index in [0.29, 0.717) is 0 Å². The van der Waals surface area contributed by atoms with Crippen molar-refractivity contribution in [1.82, 2.24) is 0 Å². The van der Waals surface area contributed by atoms with Crippen molar-refractivity contribution in [2.75, 3.05) is 9.80 Å². The number of rotatable bonds is 9. The average molecular weight is 977 g/mol. The Morgan fingerprint density at radius 3 is 1.08 bits per heavy atom. The molecule has 0 atom stereocenters. The maximum Gasteiger partial charge on any atom is 0.0715 e.